The lowest BCUT2D eigenvalue weighted by Crippen LogP contribution is -2.37. The molecule has 2 saturated heterocycles. The molecule has 2 aliphatic rings. The quantitative estimate of drug-likeness (QED) is 0.729. The molecule has 1 N–H and O–H groups in total. The van der Waals surface area contributed by atoms with Gasteiger partial charge in [-0.05, 0) is 25.8 Å². The molecular formula is C20H26N6OS. The highest BCUT2D eigenvalue weighted by Gasteiger charge is 2.27. The van der Waals surface area contributed by atoms with E-state index >= 15 is 0 Å². The average Bonchev–Trinajstić information content (AvgIpc) is 3.34. The fourth-order valence-electron chi connectivity index (χ4n) is 4.42. The fraction of sp³-hybridized carbons (Fsp3) is 0.550. The molecule has 1 atom stereocenters. The first-order valence-electron chi connectivity index (χ1n) is 10.1. The van der Waals surface area contributed by atoms with Crippen LogP contribution in [0.15, 0.2) is 18.6 Å². The molecule has 5 rings (SSSR count). The number of nitrogens with one attached hydrogen (secondary N) is 1. The summed E-state index contributed by atoms with van der Waals surface area (Å²) in [6.07, 6.45) is 6.06. The number of H-pyrrole nitrogens is 1. The Bertz CT molecular complexity index is 947. The molecule has 3 aromatic rings. The zero-order chi connectivity index (χ0) is 18.9. The number of aryl methyl sites for hydroxylation is 1. The molecule has 5 heterocycles. The van der Waals surface area contributed by atoms with Crippen LogP contribution in [0.25, 0.3) is 10.2 Å². The van der Waals surface area contributed by atoms with E-state index in [2.05, 4.69) is 43.0 Å². The fourth-order valence-corrected chi connectivity index (χ4v) is 5.26. The molecule has 0 amide bonds. The standard InChI is InChI=1S/C20H26N6OS/c1-14-9-17-19(21-13-22-20(17)28-14)26-4-2-3-15(12-26)18-16(10-23-24-18)11-25-5-7-27-8-6-25/h9-10,13,15H,2-8,11-12H2,1H3,(H,23,24)/t15-/m1/s1. The van der Waals surface area contributed by atoms with Crippen molar-refractivity contribution in [3.63, 3.8) is 0 Å². The third kappa shape index (κ3) is 3.52. The van der Waals surface area contributed by atoms with Crippen molar-refractivity contribution >= 4 is 27.4 Å². The molecule has 0 aliphatic carbocycles. The number of ether oxygens (including phenoxy) is 1. The smallest absolute Gasteiger partial charge is 0.140 e. The van der Waals surface area contributed by atoms with Crippen molar-refractivity contribution < 1.29 is 4.74 Å². The van der Waals surface area contributed by atoms with E-state index in [1.54, 1.807) is 17.7 Å². The first kappa shape index (κ1) is 18.0. The van der Waals surface area contributed by atoms with Crippen LogP contribution >= 0.6 is 11.3 Å². The van der Waals surface area contributed by atoms with Gasteiger partial charge in [0.1, 0.15) is 17.0 Å². The highest BCUT2D eigenvalue weighted by molar-refractivity contribution is 7.18. The zero-order valence-corrected chi connectivity index (χ0v) is 17.0. The lowest BCUT2D eigenvalue weighted by atomic mass is 9.92. The number of piperidine rings is 1. The van der Waals surface area contributed by atoms with E-state index in [-0.39, 0.29) is 0 Å². The molecule has 2 fully saturated rings. The minimum Gasteiger partial charge on any atom is -0.379 e. The Morgan fingerprint density at radius 1 is 1.25 bits per heavy atom. The molecule has 3 aromatic heterocycles. The lowest BCUT2D eigenvalue weighted by Gasteiger charge is -2.34. The van der Waals surface area contributed by atoms with Crippen LogP contribution in [-0.2, 0) is 11.3 Å². The highest BCUT2D eigenvalue weighted by atomic mass is 32.1. The van der Waals surface area contributed by atoms with Gasteiger partial charge >= 0.3 is 0 Å². The first-order valence-corrected chi connectivity index (χ1v) is 10.9. The molecule has 0 radical (unpaired) electrons. The summed E-state index contributed by atoms with van der Waals surface area (Å²) >= 11 is 1.74. The van der Waals surface area contributed by atoms with E-state index in [0.29, 0.717) is 5.92 Å². The largest absolute Gasteiger partial charge is 0.379 e. The minimum atomic E-state index is 0.456. The van der Waals surface area contributed by atoms with Crippen molar-refractivity contribution in [1.82, 2.24) is 25.1 Å². The van der Waals surface area contributed by atoms with E-state index in [9.17, 15) is 0 Å². The van der Waals surface area contributed by atoms with Crippen LogP contribution in [0.4, 0.5) is 5.82 Å². The number of nitrogens with zero attached hydrogens (tertiary/aromatic N) is 5. The van der Waals surface area contributed by atoms with Crippen LogP contribution in [0.1, 0.15) is 34.9 Å². The normalized spacial score (nSPS) is 21.5. The predicted octanol–water partition coefficient (Wildman–Crippen LogP) is 2.94. The van der Waals surface area contributed by atoms with Crippen LogP contribution in [-0.4, -0.2) is 64.5 Å². The van der Waals surface area contributed by atoms with Crippen LogP contribution in [0.2, 0.25) is 0 Å². The van der Waals surface area contributed by atoms with Gasteiger partial charge in [-0.1, -0.05) is 0 Å². The summed E-state index contributed by atoms with van der Waals surface area (Å²) in [5.74, 6) is 1.53. The molecule has 2 aliphatic heterocycles. The molecule has 0 saturated carbocycles. The zero-order valence-electron chi connectivity index (χ0n) is 16.2. The molecule has 0 aromatic carbocycles. The summed E-state index contributed by atoms with van der Waals surface area (Å²) < 4.78 is 5.48. The first-order chi connectivity index (χ1) is 13.8. The number of rotatable bonds is 4. The average molecular weight is 399 g/mol. The SMILES string of the molecule is Cc1cc2c(N3CCC[C@@H](c4[nH]ncc4CN4CCOCC4)C3)ncnc2s1. The monoisotopic (exact) mass is 398 g/mol. The number of morpholine rings is 1. The second-order valence-corrected chi connectivity index (χ2v) is 8.99. The number of aromatic amines is 1. The van der Waals surface area contributed by atoms with E-state index < -0.39 is 0 Å². The van der Waals surface area contributed by atoms with Gasteiger partial charge in [-0.15, -0.1) is 11.3 Å². The summed E-state index contributed by atoms with van der Waals surface area (Å²) in [5.41, 5.74) is 2.62. The molecule has 0 unspecified atom stereocenters. The Kier molecular flexibility index (Phi) is 5.00. The van der Waals surface area contributed by atoms with Gasteiger partial charge in [0, 0.05) is 54.8 Å². The van der Waals surface area contributed by atoms with E-state index in [4.69, 9.17) is 4.74 Å². The summed E-state index contributed by atoms with van der Waals surface area (Å²) in [7, 11) is 0. The molecule has 0 spiro atoms. The van der Waals surface area contributed by atoms with Crippen molar-refractivity contribution in [2.24, 2.45) is 0 Å². The highest BCUT2D eigenvalue weighted by Crippen LogP contribution is 2.35. The maximum Gasteiger partial charge on any atom is 0.140 e. The summed E-state index contributed by atoms with van der Waals surface area (Å²) in [4.78, 5) is 16.4. The molecule has 0 bridgehead atoms. The van der Waals surface area contributed by atoms with Crippen molar-refractivity contribution in [3.8, 4) is 0 Å². The van der Waals surface area contributed by atoms with Crippen LogP contribution in [0.3, 0.4) is 0 Å². The molecule has 148 valence electrons. The minimum absolute atomic E-state index is 0.456. The van der Waals surface area contributed by atoms with E-state index in [1.807, 2.05) is 6.20 Å². The number of fused-ring (bicyclic) bond motifs is 1. The molecule has 28 heavy (non-hydrogen) atoms. The van der Waals surface area contributed by atoms with Crippen LogP contribution in [0.5, 0.6) is 0 Å². The Morgan fingerprint density at radius 2 is 2.14 bits per heavy atom. The van der Waals surface area contributed by atoms with Gasteiger partial charge in [0.2, 0.25) is 0 Å². The maximum atomic E-state index is 5.48. The summed E-state index contributed by atoms with van der Waals surface area (Å²) in [6.45, 7) is 8.76. The van der Waals surface area contributed by atoms with Crippen LogP contribution in [0, 0.1) is 6.92 Å². The van der Waals surface area contributed by atoms with Crippen molar-refractivity contribution in [2.75, 3.05) is 44.3 Å². The second kappa shape index (κ2) is 7.77. The lowest BCUT2D eigenvalue weighted by molar-refractivity contribution is 0.0340. The topological polar surface area (TPSA) is 70.2 Å². The predicted molar refractivity (Wildman–Crippen MR) is 111 cm³/mol. The van der Waals surface area contributed by atoms with E-state index in [1.165, 1.54) is 27.9 Å². The molecule has 8 heteroatoms. The molecular weight excluding hydrogens is 372 g/mol. The number of thiophene rings is 1. The van der Waals surface area contributed by atoms with Crippen molar-refractivity contribution in [2.45, 2.75) is 32.2 Å². The van der Waals surface area contributed by atoms with Crippen molar-refractivity contribution in [3.05, 3.63) is 34.7 Å². The van der Waals surface area contributed by atoms with Crippen molar-refractivity contribution in [1.29, 1.82) is 0 Å². The Balaban J connectivity index is 1.37. The van der Waals surface area contributed by atoms with Gasteiger partial charge in [-0.2, -0.15) is 5.10 Å². The van der Waals surface area contributed by atoms with Crippen LogP contribution < -0.4 is 4.90 Å². The number of aromatic nitrogens is 4. The van der Waals surface area contributed by atoms with E-state index in [0.717, 1.165) is 63.0 Å². The molecule has 7 nitrogen and oxygen atoms in total. The van der Waals surface area contributed by atoms with Gasteiger partial charge in [0.25, 0.3) is 0 Å². The Hall–Kier alpha value is -2.03. The van der Waals surface area contributed by atoms with Gasteiger partial charge in [0.05, 0.1) is 24.8 Å². The summed E-state index contributed by atoms with van der Waals surface area (Å²) in [6, 6.07) is 2.22. The van der Waals surface area contributed by atoms with Gasteiger partial charge < -0.3 is 9.64 Å². The third-order valence-electron chi connectivity index (χ3n) is 5.81. The Labute approximate surface area is 168 Å². The number of anilines is 1. The van der Waals surface area contributed by atoms with Gasteiger partial charge in [0.15, 0.2) is 0 Å². The Morgan fingerprint density at radius 3 is 3.04 bits per heavy atom. The van der Waals surface area contributed by atoms with Gasteiger partial charge in [-0.3, -0.25) is 10.00 Å². The summed E-state index contributed by atoms with van der Waals surface area (Å²) in [5, 5.41) is 8.89. The second-order valence-electron chi connectivity index (χ2n) is 7.76. The number of hydrogen-bond donors (Lipinski definition) is 1. The number of hydrogen-bond acceptors (Lipinski definition) is 7. The maximum absolute atomic E-state index is 5.48. The third-order valence-corrected chi connectivity index (χ3v) is 6.77. The van der Waals surface area contributed by atoms with Gasteiger partial charge in [-0.25, -0.2) is 9.97 Å².